The second-order valence-corrected chi connectivity index (χ2v) is 8.87. The maximum Gasteiger partial charge on any atom is 0.232 e. The number of aryl methyl sites for hydroxylation is 1. The topological polar surface area (TPSA) is 120 Å². The molecule has 1 aliphatic heterocycles. The van der Waals surface area contributed by atoms with Crippen molar-refractivity contribution in [2.24, 2.45) is 10.7 Å². The highest BCUT2D eigenvalue weighted by Crippen LogP contribution is 2.29. The molecule has 0 saturated carbocycles. The van der Waals surface area contributed by atoms with Gasteiger partial charge in [-0.1, -0.05) is 5.16 Å². The van der Waals surface area contributed by atoms with E-state index in [0.29, 0.717) is 11.5 Å². The molecule has 13 heteroatoms. The van der Waals surface area contributed by atoms with Gasteiger partial charge in [0.25, 0.3) is 0 Å². The van der Waals surface area contributed by atoms with Crippen molar-refractivity contribution in [3.63, 3.8) is 0 Å². The Kier molecular flexibility index (Phi) is 6.63. The van der Waals surface area contributed by atoms with Crippen molar-refractivity contribution in [3.8, 4) is 5.88 Å². The first-order valence-corrected chi connectivity index (χ1v) is 11.2. The maximum absolute atomic E-state index is 14.8. The van der Waals surface area contributed by atoms with Crippen molar-refractivity contribution in [1.29, 1.82) is 0 Å². The lowest BCUT2D eigenvalue weighted by molar-refractivity contribution is 0.240. The zero-order valence-electron chi connectivity index (χ0n) is 18.0. The highest BCUT2D eigenvalue weighted by molar-refractivity contribution is 7.83. The van der Waals surface area contributed by atoms with Gasteiger partial charge in [0.1, 0.15) is 16.7 Å². The molecule has 2 aromatic heterocycles. The van der Waals surface area contributed by atoms with Gasteiger partial charge in [0.15, 0.2) is 29.8 Å². The monoisotopic (exact) mass is 492 g/mol. The van der Waals surface area contributed by atoms with Crippen molar-refractivity contribution in [2.45, 2.75) is 19.6 Å². The van der Waals surface area contributed by atoms with Crippen molar-refractivity contribution >= 4 is 28.8 Å². The van der Waals surface area contributed by atoms with Crippen molar-refractivity contribution in [2.75, 3.05) is 12.8 Å². The SMILES string of the molecule is Cc1cc(COc2cnc(/C(F)=C/c3cc(F)c(F)c(C4CS(=O)N(C)C(N)=N4)c3)cn2)on1. The Balaban J connectivity index is 1.53. The first-order chi connectivity index (χ1) is 16.2. The number of nitrogens with zero attached hydrogens (tertiary/aromatic N) is 5. The Hall–Kier alpha value is -3.74. The molecule has 0 spiro atoms. The van der Waals surface area contributed by atoms with Crippen LogP contribution in [0.2, 0.25) is 0 Å². The molecule has 0 saturated heterocycles. The molecular weight excluding hydrogens is 473 g/mol. The molecule has 9 nitrogen and oxygen atoms in total. The highest BCUT2D eigenvalue weighted by atomic mass is 32.2. The van der Waals surface area contributed by atoms with E-state index in [-0.39, 0.29) is 41.0 Å². The zero-order chi connectivity index (χ0) is 24.4. The lowest BCUT2D eigenvalue weighted by Crippen LogP contribution is -2.41. The van der Waals surface area contributed by atoms with Gasteiger partial charge in [-0.05, 0) is 30.7 Å². The molecule has 0 fully saturated rings. The average molecular weight is 492 g/mol. The fourth-order valence-electron chi connectivity index (χ4n) is 3.11. The molecule has 4 rings (SSSR count). The Labute approximate surface area is 194 Å². The molecule has 0 bridgehead atoms. The lowest BCUT2D eigenvalue weighted by atomic mass is 10.0. The highest BCUT2D eigenvalue weighted by Gasteiger charge is 2.28. The van der Waals surface area contributed by atoms with E-state index in [1.807, 2.05) is 0 Å². The molecule has 2 unspecified atom stereocenters. The van der Waals surface area contributed by atoms with E-state index in [1.54, 1.807) is 13.0 Å². The fraction of sp³-hybridized carbons (Fsp3) is 0.238. The normalized spacial score (nSPS) is 18.7. The molecule has 1 aromatic carbocycles. The largest absolute Gasteiger partial charge is 0.468 e. The van der Waals surface area contributed by atoms with Crippen LogP contribution in [0.1, 0.15) is 34.3 Å². The van der Waals surface area contributed by atoms with Crippen LogP contribution in [0.25, 0.3) is 11.9 Å². The molecule has 0 radical (unpaired) electrons. The quantitative estimate of drug-likeness (QED) is 0.562. The molecule has 2 atom stereocenters. The summed E-state index contributed by atoms with van der Waals surface area (Å²) >= 11 is 0. The van der Waals surface area contributed by atoms with E-state index < -0.39 is 34.5 Å². The van der Waals surface area contributed by atoms with Crippen LogP contribution in [0.15, 0.2) is 40.1 Å². The van der Waals surface area contributed by atoms with Crippen LogP contribution in [0, 0.1) is 18.6 Å². The van der Waals surface area contributed by atoms with Gasteiger partial charge < -0.3 is 15.0 Å². The number of aromatic nitrogens is 3. The van der Waals surface area contributed by atoms with E-state index in [4.69, 9.17) is 15.0 Å². The first kappa shape index (κ1) is 23.4. The average Bonchev–Trinajstić information content (AvgIpc) is 3.23. The van der Waals surface area contributed by atoms with Gasteiger partial charge in [-0.3, -0.25) is 4.31 Å². The second kappa shape index (κ2) is 9.63. The summed E-state index contributed by atoms with van der Waals surface area (Å²) in [6.07, 6.45) is 3.33. The molecule has 0 aliphatic carbocycles. The fourth-order valence-corrected chi connectivity index (χ4v) is 4.11. The van der Waals surface area contributed by atoms with Crippen LogP contribution in [0.3, 0.4) is 0 Å². The van der Waals surface area contributed by atoms with Gasteiger partial charge in [0, 0.05) is 18.7 Å². The number of rotatable bonds is 6. The summed E-state index contributed by atoms with van der Waals surface area (Å²) in [7, 11) is -0.0881. The standard InChI is InChI=1S/C21H19F3N6O3S/c1-11-3-13(33-29-11)9-32-19-8-26-17(7-27-19)15(22)5-12-4-14(20(24)16(23)6-12)18-10-34(31)30(2)21(25)28-18/h3-8,18H,9-10H2,1-2H3,(H2,25,28)/b15-5-. The second-order valence-electron chi connectivity index (χ2n) is 7.35. The van der Waals surface area contributed by atoms with Crippen molar-refractivity contribution < 1.29 is 26.6 Å². The number of ether oxygens (including phenoxy) is 1. The van der Waals surface area contributed by atoms with Gasteiger partial charge in [0.05, 0.1) is 29.9 Å². The summed E-state index contributed by atoms with van der Waals surface area (Å²) in [5, 5.41) is 3.74. The molecule has 0 amide bonds. The molecule has 34 heavy (non-hydrogen) atoms. The summed E-state index contributed by atoms with van der Waals surface area (Å²) in [6.45, 7) is 1.84. The lowest BCUT2D eigenvalue weighted by Gasteiger charge is -2.26. The number of benzene rings is 1. The molecular formula is C21H19F3N6O3S. The van der Waals surface area contributed by atoms with Crippen LogP contribution in [0.4, 0.5) is 13.2 Å². The van der Waals surface area contributed by atoms with Gasteiger partial charge >= 0.3 is 0 Å². The van der Waals surface area contributed by atoms with Crippen LogP contribution in [-0.4, -0.2) is 42.4 Å². The number of hydrogen-bond donors (Lipinski definition) is 1. The van der Waals surface area contributed by atoms with E-state index >= 15 is 0 Å². The smallest absolute Gasteiger partial charge is 0.232 e. The van der Waals surface area contributed by atoms with Crippen LogP contribution >= 0.6 is 0 Å². The number of hydrogen-bond acceptors (Lipinski definition) is 8. The number of nitrogens with two attached hydrogens (primary N) is 1. The van der Waals surface area contributed by atoms with Crippen molar-refractivity contribution in [1.82, 2.24) is 19.4 Å². The Morgan fingerprint density at radius 2 is 2.12 bits per heavy atom. The van der Waals surface area contributed by atoms with Gasteiger partial charge in [0.2, 0.25) is 11.8 Å². The predicted octanol–water partition coefficient (Wildman–Crippen LogP) is 3.06. The predicted molar refractivity (Wildman–Crippen MR) is 118 cm³/mol. The van der Waals surface area contributed by atoms with E-state index in [1.165, 1.54) is 23.6 Å². The minimum atomic E-state index is -1.56. The van der Waals surface area contributed by atoms with Gasteiger partial charge in [-0.25, -0.2) is 32.3 Å². The van der Waals surface area contributed by atoms with E-state index in [0.717, 1.165) is 18.3 Å². The third-order valence-electron chi connectivity index (χ3n) is 4.86. The summed E-state index contributed by atoms with van der Waals surface area (Å²) < 4.78 is 67.3. The van der Waals surface area contributed by atoms with Crippen molar-refractivity contribution in [3.05, 3.63) is 70.5 Å². The summed E-state index contributed by atoms with van der Waals surface area (Å²) in [5.41, 5.74) is 6.11. The van der Waals surface area contributed by atoms with Crippen LogP contribution in [-0.2, 0) is 17.6 Å². The summed E-state index contributed by atoms with van der Waals surface area (Å²) in [5.74, 6) is -2.75. The van der Waals surface area contributed by atoms with E-state index in [9.17, 15) is 17.4 Å². The number of halogens is 3. The number of aliphatic imine (C=N–C) groups is 1. The Morgan fingerprint density at radius 1 is 1.32 bits per heavy atom. The third-order valence-corrected chi connectivity index (χ3v) is 6.26. The van der Waals surface area contributed by atoms with Crippen LogP contribution < -0.4 is 10.5 Å². The van der Waals surface area contributed by atoms with E-state index in [2.05, 4.69) is 20.1 Å². The molecule has 3 heterocycles. The molecule has 178 valence electrons. The molecule has 2 N–H and O–H groups in total. The summed E-state index contributed by atoms with van der Waals surface area (Å²) in [6, 6.07) is 2.78. The third kappa shape index (κ3) is 5.09. The molecule has 1 aliphatic rings. The summed E-state index contributed by atoms with van der Waals surface area (Å²) in [4.78, 5) is 12.0. The van der Waals surface area contributed by atoms with Crippen LogP contribution in [0.5, 0.6) is 5.88 Å². The maximum atomic E-state index is 14.8. The zero-order valence-corrected chi connectivity index (χ0v) is 18.9. The Bertz CT molecular complexity index is 1300. The minimum Gasteiger partial charge on any atom is -0.468 e. The Morgan fingerprint density at radius 3 is 2.76 bits per heavy atom. The first-order valence-electron chi connectivity index (χ1n) is 9.90. The van der Waals surface area contributed by atoms with Gasteiger partial charge in [-0.2, -0.15) is 0 Å². The van der Waals surface area contributed by atoms with Gasteiger partial charge in [-0.15, -0.1) is 0 Å². The minimum absolute atomic E-state index is 0.0210. The molecule has 3 aromatic rings. The number of guanidine groups is 1.